The molecule has 6 heteroatoms. The van der Waals surface area contributed by atoms with Gasteiger partial charge in [0.2, 0.25) is 11.7 Å². The molecule has 2 atom stereocenters. The first-order valence-corrected chi connectivity index (χ1v) is 5.83. The van der Waals surface area contributed by atoms with Gasteiger partial charge in [-0.3, -0.25) is 4.79 Å². The molecular weight excluding hydrogens is 238 g/mol. The lowest BCUT2D eigenvalue weighted by Crippen LogP contribution is -2.25. The zero-order valence-corrected chi connectivity index (χ0v) is 10.0. The van der Waals surface area contributed by atoms with Gasteiger partial charge in [0.25, 0.3) is 0 Å². The first-order valence-electron chi connectivity index (χ1n) is 5.83. The van der Waals surface area contributed by atoms with Gasteiger partial charge in [0.15, 0.2) is 0 Å². The summed E-state index contributed by atoms with van der Waals surface area (Å²) in [5, 5.41) is 11.4. The molecule has 18 heavy (non-hydrogen) atoms. The van der Waals surface area contributed by atoms with Gasteiger partial charge in [-0.15, -0.1) is 0 Å². The van der Waals surface area contributed by atoms with Crippen molar-refractivity contribution in [2.75, 3.05) is 6.61 Å². The number of hydrogen-bond donors (Lipinski definition) is 2. The number of aromatic carboxylic acids is 1. The van der Waals surface area contributed by atoms with Gasteiger partial charge in [0.1, 0.15) is 5.76 Å². The quantitative estimate of drug-likeness (QED) is 0.790. The second-order valence-corrected chi connectivity index (χ2v) is 4.12. The molecule has 0 radical (unpaired) electrons. The Kier molecular flexibility index (Phi) is 3.66. The number of carbonyl (C=O) groups excluding carboxylic acids is 1. The molecule has 1 aromatic rings. The number of carbonyl (C=O) groups is 2. The Morgan fingerprint density at radius 1 is 1.56 bits per heavy atom. The van der Waals surface area contributed by atoms with Crippen molar-refractivity contribution in [3.8, 4) is 0 Å². The number of amides is 1. The molecule has 6 nitrogen and oxygen atoms in total. The molecule has 98 valence electrons. The molecule has 0 saturated heterocycles. The van der Waals surface area contributed by atoms with Crippen LogP contribution in [0.25, 0.3) is 0 Å². The number of carboxylic acid groups (broad SMARTS) is 1. The van der Waals surface area contributed by atoms with Crippen molar-refractivity contribution in [2.24, 2.45) is 5.92 Å². The number of rotatable bonds is 6. The number of carboxylic acids is 1. The van der Waals surface area contributed by atoms with Crippen LogP contribution in [0.1, 0.15) is 29.7 Å². The summed E-state index contributed by atoms with van der Waals surface area (Å²) < 4.78 is 10.3. The van der Waals surface area contributed by atoms with Crippen LogP contribution in [-0.4, -0.2) is 29.7 Å². The molecule has 0 spiro atoms. The number of hydrogen-bond acceptors (Lipinski definition) is 4. The van der Waals surface area contributed by atoms with E-state index in [1.165, 1.54) is 12.1 Å². The van der Waals surface area contributed by atoms with Gasteiger partial charge in [-0.1, -0.05) is 0 Å². The van der Waals surface area contributed by atoms with E-state index in [1.54, 1.807) is 0 Å². The monoisotopic (exact) mass is 253 g/mol. The van der Waals surface area contributed by atoms with Crippen LogP contribution in [0.3, 0.4) is 0 Å². The van der Waals surface area contributed by atoms with Crippen molar-refractivity contribution in [2.45, 2.75) is 26.0 Å². The third-order valence-electron chi connectivity index (χ3n) is 2.76. The zero-order valence-electron chi connectivity index (χ0n) is 10.0. The Balaban J connectivity index is 1.77. The minimum atomic E-state index is -1.12. The largest absolute Gasteiger partial charge is 0.475 e. The normalized spacial score (nSPS) is 21.6. The molecular formula is C12H15NO5. The minimum absolute atomic E-state index is 0.0289. The van der Waals surface area contributed by atoms with Crippen LogP contribution in [0, 0.1) is 5.92 Å². The van der Waals surface area contributed by atoms with Gasteiger partial charge in [-0.05, 0) is 25.5 Å². The average Bonchev–Trinajstić information content (AvgIpc) is 2.93. The number of nitrogens with one attached hydrogen (secondary N) is 1. The number of furan rings is 1. The van der Waals surface area contributed by atoms with Crippen LogP contribution in [-0.2, 0) is 16.1 Å². The number of ether oxygens (including phenoxy) is 1. The molecule has 0 bridgehead atoms. The fourth-order valence-corrected chi connectivity index (χ4v) is 1.74. The smallest absolute Gasteiger partial charge is 0.371 e. The zero-order chi connectivity index (χ0) is 13.1. The summed E-state index contributed by atoms with van der Waals surface area (Å²) in [6, 6.07) is 2.90. The standard InChI is InChI=1S/C12H15NO5/c1-2-17-10-5-8(10)11(14)13-6-7-3-4-9(18-7)12(15)16/h3-4,8,10H,2,5-6H2,1H3,(H,13,14)(H,15,16). The van der Waals surface area contributed by atoms with Gasteiger partial charge in [0.05, 0.1) is 18.6 Å². The molecule has 1 aliphatic rings. The van der Waals surface area contributed by atoms with E-state index in [2.05, 4.69) is 5.32 Å². The fourth-order valence-electron chi connectivity index (χ4n) is 1.74. The molecule has 0 aliphatic heterocycles. The molecule has 0 aromatic carbocycles. The van der Waals surface area contributed by atoms with Gasteiger partial charge in [-0.2, -0.15) is 0 Å². The van der Waals surface area contributed by atoms with Gasteiger partial charge in [-0.25, -0.2) is 4.79 Å². The van der Waals surface area contributed by atoms with E-state index in [-0.39, 0.29) is 30.2 Å². The van der Waals surface area contributed by atoms with E-state index in [4.69, 9.17) is 14.3 Å². The lowest BCUT2D eigenvalue weighted by Gasteiger charge is -2.02. The predicted octanol–water partition coefficient (Wildman–Crippen LogP) is 1.02. The van der Waals surface area contributed by atoms with Crippen molar-refractivity contribution in [1.29, 1.82) is 0 Å². The highest BCUT2D eigenvalue weighted by Crippen LogP contribution is 2.33. The summed E-state index contributed by atoms with van der Waals surface area (Å²) in [7, 11) is 0. The second kappa shape index (κ2) is 5.22. The van der Waals surface area contributed by atoms with E-state index in [9.17, 15) is 9.59 Å². The first-order chi connectivity index (χ1) is 8.61. The first kappa shape index (κ1) is 12.6. The lowest BCUT2D eigenvalue weighted by molar-refractivity contribution is -0.123. The topological polar surface area (TPSA) is 88.8 Å². The van der Waals surface area contributed by atoms with Crippen LogP contribution < -0.4 is 5.32 Å². The van der Waals surface area contributed by atoms with Gasteiger partial charge in [0, 0.05) is 6.61 Å². The Morgan fingerprint density at radius 3 is 2.94 bits per heavy atom. The van der Waals surface area contributed by atoms with Crippen LogP contribution in [0.4, 0.5) is 0 Å². The molecule has 1 heterocycles. The summed E-state index contributed by atoms with van der Waals surface area (Å²) >= 11 is 0. The van der Waals surface area contributed by atoms with Crippen LogP contribution in [0.15, 0.2) is 16.5 Å². The maximum atomic E-state index is 11.7. The molecule has 1 aromatic heterocycles. The third-order valence-corrected chi connectivity index (χ3v) is 2.76. The summed E-state index contributed by atoms with van der Waals surface area (Å²) in [6.07, 6.45) is 0.777. The third kappa shape index (κ3) is 2.89. The molecule has 1 aliphatic carbocycles. The van der Waals surface area contributed by atoms with E-state index >= 15 is 0 Å². The molecule has 2 N–H and O–H groups in total. The van der Waals surface area contributed by atoms with Crippen LogP contribution in [0.5, 0.6) is 0 Å². The highest BCUT2D eigenvalue weighted by atomic mass is 16.5. The summed E-state index contributed by atoms with van der Waals surface area (Å²) in [5.41, 5.74) is 0. The lowest BCUT2D eigenvalue weighted by atomic mass is 10.3. The van der Waals surface area contributed by atoms with Crippen molar-refractivity contribution in [3.63, 3.8) is 0 Å². The van der Waals surface area contributed by atoms with Crippen molar-refractivity contribution in [1.82, 2.24) is 5.32 Å². The predicted molar refractivity (Wildman–Crippen MR) is 61.0 cm³/mol. The summed E-state index contributed by atoms with van der Waals surface area (Å²) in [6.45, 7) is 2.69. The highest BCUT2D eigenvalue weighted by Gasteiger charge is 2.43. The molecule has 2 rings (SSSR count). The van der Waals surface area contributed by atoms with E-state index in [1.807, 2.05) is 6.92 Å². The Morgan fingerprint density at radius 2 is 2.33 bits per heavy atom. The molecule has 2 unspecified atom stereocenters. The van der Waals surface area contributed by atoms with E-state index in [0.29, 0.717) is 12.4 Å². The van der Waals surface area contributed by atoms with Crippen molar-refractivity contribution >= 4 is 11.9 Å². The molecule has 1 amide bonds. The Bertz CT molecular complexity index is 453. The maximum absolute atomic E-state index is 11.7. The van der Waals surface area contributed by atoms with Gasteiger partial charge >= 0.3 is 5.97 Å². The van der Waals surface area contributed by atoms with E-state index < -0.39 is 5.97 Å². The van der Waals surface area contributed by atoms with Crippen LogP contribution in [0.2, 0.25) is 0 Å². The Labute approximate surface area is 104 Å². The fraction of sp³-hybridized carbons (Fsp3) is 0.500. The van der Waals surface area contributed by atoms with Gasteiger partial charge < -0.3 is 19.6 Å². The maximum Gasteiger partial charge on any atom is 0.371 e. The minimum Gasteiger partial charge on any atom is -0.475 e. The Hall–Kier alpha value is -1.82. The van der Waals surface area contributed by atoms with Crippen molar-refractivity contribution in [3.05, 3.63) is 23.7 Å². The van der Waals surface area contributed by atoms with Crippen LogP contribution >= 0.6 is 0 Å². The molecule has 1 fully saturated rings. The second-order valence-electron chi connectivity index (χ2n) is 4.12. The highest BCUT2D eigenvalue weighted by molar-refractivity contribution is 5.84. The summed E-state index contributed by atoms with van der Waals surface area (Å²) in [4.78, 5) is 22.2. The molecule has 1 saturated carbocycles. The van der Waals surface area contributed by atoms with E-state index in [0.717, 1.165) is 6.42 Å². The average molecular weight is 253 g/mol. The SMILES string of the molecule is CCOC1CC1C(=O)NCc1ccc(C(=O)O)o1. The van der Waals surface area contributed by atoms with Crippen molar-refractivity contribution < 1.29 is 23.8 Å². The summed E-state index contributed by atoms with van der Waals surface area (Å²) in [5.74, 6) is -0.987.